The van der Waals surface area contributed by atoms with Gasteiger partial charge in [-0.2, -0.15) is 0 Å². The van der Waals surface area contributed by atoms with E-state index in [2.05, 4.69) is 15.3 Å². The van der Waals surface area contributed by atoms with Crippen LogP contribution >= 0.6 is 11.6 Å². The summed E-state index contributed by atoms with van der Waals surface area (Å²) in [6, 6.07) is 1.83. The maximum atomic E-state index is 6.25. The highest BCUT2D eigenvalue weighted by molar-refractivity contribution is 6.20. The number of nitrogens with zero attached hydrogens (tertiary/aromatic N) is 2. The first-order valence-electron chi connectivity index (χ1n) is 6.52. The summed E-state index contributed by atoms with van der Waals surface area (Å²) in [6.07, 6.45) is 5.19. The van der Waals surface area contributed by atoms with Crippen LogP contribution in [0.2, 0.25) is 0 Å². The first-order valence-corrected chi connectivity index (χ1v) is 6.95. The number of nitrogens with one attached hydrogen (secondary N) is 1. The van der Waals surface area contributed by atoms with Crippen LogP contribution in [0.15, 0.2) is 12.4 Å². The van der Waals surface area contributed by atoms with Gasteiger partial charge in [0.15, 0.2) is 0 Å². The molecule has 1 N–H and O–H groups in total. The second-order valence-electron chi connectivity index (χ2n) is 5.00. The maximum absolute atomic E-state index is 6.25. The van der Waals surface area contributed by atoms with E-state index in [-0.39, 0.29) is 6.10 Å². The first kappa shape index (κ1) is 13.4. The van der Waals surface area contributed by atoms with Gasteiger partial charge >= 0.3 is 0 Å². The predicted octanol–water partition coefficient (Wildman–Crippen LogP) is 3.08. The molecule has 0 aliphatic heterocycles. The fraction of sp³-hybridized carbons (Fsp3) is 0.692. The predicted molar refractivity (Wildman–Crippen MR) is 73.3 cm³/mol. The van der Waals surface area contributed by atoms with Crippen molar-refractivity contribution in [2.45, 2.75) is 44.6 Å². The monoisotopic (exact) mass is 269 g/mol. The van der Waals surface area contributed by atoms with Gasteiger partial charge in [0.1, 0.15) is 12.1 Å². The average molecular weight is 270 g/mol. The van der Waals surface area contributed by atoms with Crippen LogP contribution in [0, 0.1) is 5.92 Å². The lowest BCUT2D eigenvalue weighted by atomic mass is 10.1. The molecule has 18 heavy (non-hydrogen) atoms. The van der Waals surface area contributed by atoms with Gasteiger partial charge in [-0.05, 0) is 32.6 Å². The Bertz CT molecular complexity index is 386. The Morgan fingerprint density at radius 2 is 2.28 bits per heavy atom. The van der Waals surface area contributed by atoms with Crippen molar-refractivity contribution in [3.8, 4) is 5.88 Å². The summed E-state index contributed by atoms with van der Waals surface area (Å²) in [5.74, 6) is 1.95. The molecule has 5 heteroatoms. The van der Waals surface area contributed by atoms with Crippen LogP contribution in [0.5, 0.6) is 5.88 Å². The van der Waals surface area contributed by atoms with Crippen molar-refractivity contribution in [3.63, 3.8) is 0 Å². The van der Waals surface area contributed by atoms with Gasteiger partial charge in [0.05, 0.1) is 6.10 Å². The van der Waals surface area contributed by atoms with E-state index in [4.69, 9.17) is 16.3 Å². The van der Waals surface area contributed by atoms with Crippen molar-refractivity contribution in [3.05, 3.63) is 12.4 Å². The number of halogens is 1. The molecule has 1 heterocycles. The molecule has 1 aliphatic carbocycles. The highest BCUT2D eigenvalue weighted by atomic mass is 35.5. The Morgan fingerprint density at radius 3 is 2.94 bits per heavy atom. The third kappa shape index (κ3) is 3.73. The molecule has 4 nitrogen and oxygen atoms in total. The van der Waals surface area contributed by atoms with E-state index in [1.54, 1.807) is 0 Å². The molecule has 100 valence electrons. The van der Waals surface area contributed by atoms with Crippen molar-refractivity contribution in [1.29, 1.82) is 0 Å². The highest BCUT2D eigenvalue weighted by Crippen LogP contribution is 2.30. The van der Waals surface area contributed by atoms with Crippen LogP contribution in [-0.4, -0.2) is 28.0 Å². The zero-order valence-electron chi connectivity index (χ0n) is 10.9. The zero-order chi connectivity index (χ0) is 13.0. The molecule has 0 saturated heterocycles. The van der Waals surface area contributed by atoms with Gasteiger partial charge in [0.2, 0.25) is 5.88 Å². The third-order valence-electron chi connectivity index (χ3n) is 3.11. The molecule has 1 aliphatic rings. The standard InChI is InChI=1S/C13H20ClN3O/c1-9(2)18-13-6-12(16-8-17-13)15-7-10-4-3-5-11(10)14/h6,8-11H,3-5,7H2,1-2H3,(H,15,16,17). The van der Waals surface area contributed by atoms with Crippen molar-refractivity contribution in [2.75, 3.05) is 11.9 Å². The minimum Gasteiger partial charge on any atom is -0.475 e. The van der Waals surface area contributed by atoms with Gasteiger partial charge < -0.3 is 10.1 Å². The number of alkyl halides is 1. The number of hydrogen-bond acceptors (Lipinski definition) is 4. The molecule has 1 saturated carbocycles. The van der Waals surface area contributed by atoms with Crippen molar-refractivity contribution in [1.82, 2.24) is 9.97 Å². The van der Waals surface area contributed by atoms with E-state index in [1.807, 2.05) is 19.9 Å². The summed E-state index contributed by atoms with van der Waals surface area (Å²) >= 11 is 6.25. The number of hydrogen-bond donors (Lipinski definition) is 1. The summed E-state index contributed by atoms with van der Waals surface area (Å²) < 4.78 is 5.53. The van der Waals surface area contributed by atoms with E-state index in [0.717, 1.165) is 18.8 Å². The Labute approximate surface area is 113 Å². The van der Waals surface area contributed by atoms with Gasteiger partial charge in [-0.25, -0.2) is 9.97 Å². The fourth-order valence-corrected chi connectivity index (χ4v) is 2.57. The minimum absolute atomic E-state index is 0.120. The van der Waals surface area contributed by atoms with Gasteiger partial charge in [-0.15, -0.1) is 11.6 Å². The number of aromatic nitrogens is 2. The third-order valence-corrected chi connectivity index (χ3v) is 3.68. The molecule has 0 spiro atoms. The quantitative estimate of drug-likeness (QED) is 0.835. The van der Waals surface area contributed by atoms with Gasteiger partial charge in [0, 0.05) is 18.0 Å². The maximum Gasteiger partial charge on any atom is 0.218 e. The summed E-state index contributed by atoms with van der Waals surface area (Å²) in [5.41, 5.74) is 0. The summed E-state index contributed by atoms with van der Waals surface area (Å²) in [5, 5.41) is 3.61. The summed E-state index contributed by atoms with van der Waals surface area (Å²) in [4.78, 5) is 8.26. The molecule has 0 aromatic carbocycles. The molecular weight excluding hydrogens is 250 g/mol. The molecule has 1 fully saturated rings. The fourth-order valence-electron chi connectivity index (χ4n) is 2.20. The van der Waals surface area contributed by atoms with E-state index < -0.39 is 0 Å². The highest BCUT2D eigenvalue weighted by Gasteiger charge is 2.24. The zero-order valence-corrected chi connectivity index (χ0v) is 11.7. The Hall–Kier alpha value is -1.03. The Morgan fingerprint density at radius 1 is 1.44 bits per heavy atom. The molecule has 1 aromatic rings. The topological polar surface area (TPSA) is 47.0 Å². The lowest BCUT2D eigenvalue weighted by Crippen LogP contribution is -2.19. The lowest BCUT2D eigenvalue weighted by Gasteiger charge is -2.15. The molecular formula is C13H20ClN3O. The Kier molecular flexibility index (Phi) is 4.64. The van der Waals surface area contributed by atoms with Gasteiger partial charge in [0.25, 0.3) is 0 Å². The normalized spacial score (nSPS) is 23.3. The SMILES string of the molecule is CC(C)Oc1cc(NCC2CCCC2Cl)ncn1. The molecule has 2 unspecified atom stereocenters. The van der Waals surface area contributed by atoms with Gasteiger partial charge in [-0.1, -0.05) is 6.42 Å². The minimum atomic E-state index is 0.120. The lowest BCUT2D eigenvalue weighted by molar-refractivity contribution is 0.232. The molecule has 0 radical (unpaired) electrons. The van der Waals surface area contributed by atoms with Crippen molar-refractivity contribution in [2.24, 2.45) is 5.92 Å². The average Bonchev–Trinajstić information content (AvgIpc) is 2.72. The van der Waals surface area contributed by atoms with Crippen LogP contribution in [0.4, 0.5) is 5.82 Å². The number of rotatable bonds is 5. The second kappa shape index (κ2) is 6.23. The van der Waals surface area contributed by atoms with Crippen LogP contribution < -0.4 is 10.1 Å². The first-order chi connectivity index (χ1) is 8.65. The molecule has 2 atom stereocenters. The van der Waals surface area contributed by atoms with E-state index in [1.165, 1.54) is 19.2 Å². The van der Waals surface area contributed by atoms with Crippen LogP contribution in [0.1, 0.15) is 33.1 Å². The largest absolute Gasteiger partial charge is 0.475 e. The molecule has 0 amide bonds. The van der Waals surface area contributed by atoms with Crippen LogP contribution in [0.3, 0.4) is 0 Å². The molecule has 1 aromatic heterocycles. The van der Waals surface area contributed by atoms with Crippen molar-refractivity contribution < 1.29 is 4.74 Å². The van der Waals surface area contributed by atoms with E-state index >= 15 is 0 Å². The van der Waals surface area contributed by atoms with Crippen molar-refractivity contribution >= 4 is 17.4 Å². The second-order valence-corrected chi connectivity index (χ2v) is 5.56. The smallest absolute Gasteiger partial charge is 0.218 e. The van der Waals surface area contributed by atoms with Crippen LogP contribution in [-0.2, 0) is 0 Å². The number of ether oxygens (including phenoxy) is 1. The number of anilines is 1. The van der Waals surface area contributed by atoms with E-state index in [0.29, 0.717) is 17.2 Å². The van der Waals surface area contributed by atoms with Gasteiger partial charge in [-0.3, -0.25) is 0 Å². The van der Waals surface area contributed by atoms with E-state index in [9.17, 15) is 0 Å². The summed E-state index contributed by atoms with van der Waals surface area (Å²) in [6.45, 7) is 4.82. The molecule has 2 rings (SSSR count). The molecule has 0 bridgehead atoms. The summed E-state index contributed by atoms with van der Waals surface area (Å²) in [7, 11) is 0. The van der Waals surface area contributed by atoms with Crippen LogP contribution in [0.25, 0.3) is 0 Å². The Balaban J connectivity index is 1.88.